The van der Waals surface area contributed by atoms with Crippen LogP contribution in [0, 0.1) is 6.92 Å². The highest BCUT2D eigenvalue weighted by Gasteiger charge is 2.13. The Morgan fingerprint density at radius 1 is 1.26 bits per heavy atom. The second-order valence-corrected chi connectivity index (χ2v) is 5.20. The highest BCUT2D eigenvalue weighted by molar-refractivity contribution is 5.93. The minimum atomic E-state index is 0.0694. The molecule has 0 heterocycles. The minimum Gasteiger partial charge on any atom is -0.324 e. The van der Waals surface area contributed by atoms with E-state index in [1.54, 1.807) is 0 Å². The fraction of sp³-hybridized carbons (Fsp3) is 0.562. The van der Waals surface area contributed by atoms with Gasteiger partial charge in [0.05, 0.1) is 6.54 Å². The van der Waals surface area contributed by atoms with Crippen molar-refractivity contribution < 1.29 is 4.79 Å². The highest BCUT2D eigenvalue weighted by atomic mass is 16.2. The van der Waals surface area contributed by atoms with Gasteiger partial charge in [-0.05, 0) is 37.1 Å². The Morgan fingerprint density at radius 3 is 2.42 bits per heavy atom. The molecule has 0 fully saturated rings. The summed E-state index contributed by atoms with van der Waals surface area (Å²) in [5.41, 5.74) is 3.31. The smallest absolute Gasteiger partial charge is 0.238 e. The molecule has 0 radical (unpaired) electrons. The Hall–Kier alpha value is -1.35. The molecular formula is C16H26N2O. The summed E-state index contributed by atoms with van der Waals surface area (Å²) in [6.45, 7) is 12.7. The van der Waals surface area contributed by atoms with Crippen LogP contribution in [0.5, 0.6) is 0 Å². The lowest BCUT2D eigenvalue weighted by atomic mass is 9.98. The molecule has 0 aliphatic carbocycles. The predicted octanol–water partition coefficient (Wildman–Crippen LogP) is 3.40. The van der Waals surface area contributed by atoms with Crippen molar-refractivity contribution in [3.63, 3.8) is 0 Å². The molecule has 0 unspecified atom stereocenters. The van der Waals surface area contributed by atoms with Crippen LogP contribution in [-0.2, 0) is 4.79 Å². The monoisotopic (exact) mass is 262 g/mol. The number of carbonyl (C=O) groups excluding carboxylic acids is 1. The Bertz CT molecular complexity index is 423. The van der Waals surface area contributed by atoms with Gasteiger partial charge in [0.25, 0.3) is 0 Å². The van der Waals surface area contributed by atoms with Crippen LogP contribution in [0.1, 0.15) is 44.7 Å². The zero-order chi connectivity index (χ0) is 14.4. The molecule has 1 N–H and O–H groups in total. The van der Waals surface area contributed by atoms with Crippen LogP contribution in [0.25, 0.3) is 0 Å². The van der Waals surface area contributed by atoms with E-state index in [0.29, 0.717) is 12.5 Å². The number of amides is 1. The molecule has 0 aliphatic rings. The van der Waals surface area contributed by atoms with Crippen LogP contribution < -0.4 is 5.32 Å². The Labute approximate surface area is 117 Å². The molecule has 1 rings (SSSR count). The third-order valence-electron chi connectivity index (χ3n) is 3.45. The first-order valence-corrected chi connectivity index (χ1v) is 7.11. The standard InChI is InChI=1S/C16H26N2O/c1-6-18(7-2)11-15(19)17-16-13(5)9-8-10-14(16)12(3)4/h8-10,12H,6-7,11H2,1-5H3,(H,17,19). The van der Waals surface area contributed by atoms with Gasteiger partial charge in [-0.3, -0.25) is 9.69 Å². The van der Waals surface area contributed by atoms with Gasteiger partial charge in [-0.15, -0.1) is 0 Å². The van der Waals surface area contributed by atoms with E-state index in [4.69, 9.17) is 0 Å². The third-order valence-corrected chi connectivity index (χ3v) is 3.45. The van der Waals surface area contributed by atoms with E-state index in [0.717, 1.165) is 24.3 Å². The quantitative estimate of drug-likeness (QED) is 0.852. The third kappa shape index (κ3) is 4.35. The molecule has 0 aliphatic heterocycles. The number of nitrogens with one attached hydrogen (secondary N) is 1. The summed E-state index contributed by atoms with van der Waals surface area (Å²) in [5.74, 6) is 0.476. The van der Waals surface area contributed by atoms with Gasteiger partial charge >= 0.3 is 0 Å². The predicted molar refractivity (Wildman–Crippen MR) is 81.7 cm³/mol. The minimum absolute atomic E-state index is 0.0694. The number of likely N-dealkylation sites (N-methyl/N-ethyl adjacent to an activating group) is 1. The highest BCUT2D eigenvalue weighted by Crippen LogP contribution is 2.27. The topological polar surface area (TPSA) is 32.3 Å². The fourth-order valence-corrected chi connectivity index (χ4v) is 2.17. The average Bonchev–Trinajstić information content (AvgIpc) is 2.38. The van der Waals surface area contributed by atoms with Crippen molar-refractivity contribution in [2.45, 2.75) is 40.5 Å². The molecule has 1 aromatic rings. The fourth-order valence-electron chi connectivity index (χ4n) is 2.17. The number of carbonyl (C=O) groups is 1. The van der Waals surface area contributed by atoms with Crippen molar-refractivity contribution in [2.24, 2.45) is 0 Å². The molecule has 1 aromatic carbocycles. The van der Waals surface area contributed by atoms with Crippen LogP contribution >= 0.6 is 0 Å². The van der Waals surface area contributed by atoms with E-state index in [1.807, 2.05) is 19.1 Å². The van der Waals surface area contributed by atoms with Crippen molar-refractivity contribution in [1.29, 1.82) is 0 Å². The van der Waals surface area contributed by atoms with Crippen LogP contribution in [0.3, 0.4) is 0 Å². The van der Waals surface area contributed by atoms with Crippen LogP contribution in [0.4, 0.5) is 5.69 Å². The van der Waals surface area contributed by atoms with Gasteiger partial charge in [-0.2, -0.15) is 0 Å². The number of benzene rings is 1. The van der Waals surface area contributed by atoms with Gasteiger partial charge in [-0.1, -0.05) is 45.9 Å². The molecular weight excluding hydrogens is 236 g/mol. The summed E-state index contributed by atoms with van der Waals surface area (Å²) in [7, 11) is 0. The zero-order valence-electron chi connectivity index (χ0n) is 12.8. The van der Waals surface area contributed by atoms with Crippen molar-refractivity contribution in [2.75, 3.05) is 25.0 Å². The summed E-state index contributed by atoms with van der Waals surface area (Å²) in [4.78, 5) is 14.2. The molecule has 3 heteroatoms. The molecule has 0 spiro atoms. The Kier molecular flexibility index (Phi) is 6.03. The first-order chi connectivity index (χ1) is 8.99. The lowest BCUT2D eigenvalue weighted by Crippen LogP contribution is -2.33. The maximum atomic E-state index is 12.1. The summed E-state index contributed by atoms with van der Waals surface area (Å²) >= 11 is 0. The van der Waals surface area contributed by atoms with Crippen molar-refractivity contribution >= 4 is 11.6 Å². The normalized spacial score (nSPS) is 11.1. The Balaban J connectivity index is 2.84. The average molecular weight is 262 g/mol. The second-order valence-electron chi connectivity index (χ2n) is 5.20. The molecule has 3 nitrogen and oxygen atoms in total. The van der Waals surface area contributed by atoms with Gasteiger partial charge in [0.1, 0.15) is 0 Å². The largest absolute Gasteiger partial charge is 0.324 e. The van der Waals surface area contributed by atoms with E-state index in [9.17, 15) is 4.79 Å². The van der Waals surface area contributed by atoms with Crippen LogP contribution in [0.15, 0.2) is 18.2 Å². The number of para-hydroxylation sites is 1. The van der Waals surface area contributed by atoms with E-state index >= 15 is 0 Å². The SMILES string of the molecule is CCN(CC)CC(=O)Nc1c(C)cccc1C(C)C. The maximum Gasteiger partial charge on any atom is 0.238 e. The number of anilines is 1. The van der Waals surface area contributed by atoms with Gasteiger partial charge in [0, 0.05) is 5.69 Å². The first-order valence-electron chi connectivity index (χ1n) is 7.11. The number of aryl methyl sites for hydroxylation is 1. The number of hydrogen-bond donors (Lipinski definition) is 1. The van der Waals surface area contributed by atoms with Gasteiger partial charge in [-0.25, -0.2) is 0 Å². The van der Waals surface area contributed by atoms with Gasteiger partial charge < -0.3 is 5.32 Å². The molecule has 0 saturated heterocycles. The molecule has 1 amide bonds. The summed E-state index contributed by atoms with van der Waals surface area (Å²) in [6, 6.07) is 6.17. The van der Waals surface area contributed by atoms with Gasteiger partial charge in [0.15, 0.2) is 0 Å². The summed E-state index contributed by atoms with van der Waals surface area (Å²) < 4.78 is 0. The molecule has 19 heavy (non-hydrogen) atoms. The number of nitrogens with zero attached hydrogens (tertiary/aromatic N) is 1. The molecule has 0 bridgehead atoms. The van der Waals surface area contributed by atoms with E-state index in [2.05, 4.69) is 44.0 Å². The van der Waals surface area contributed by atoms with Crippen molar-refractivity contribution in [3.05, 3.63) is 29.3 Å². The lowest BCUT2D eigenvalue weighted by Gasteiger charge is -2.20. The van der Waals surface area contributed by atoms with Crippen molar-refractivity contribution in [3.8, 4) is 0 Å². The van der Waals surface area contributed by atoms with E-state index < -0.39 is 0 Å². The molecule has 0 saturated carbocycles. The first kappa shape index (κ1) is 15.7. The lowest BCUT2D eigenvalue weighted by molar-refractivity contribution is -0.117. The molecule has 0 atom stereocenters. The zero-order valence-corrected chi connectivity index (χ0v) is 12.8. The van der Waals surface area contributed by atoms with E-state index in [1.165, 1.54) is 5.56 Å². The molecule has 106 valence electrons. The second kappa shape index (κ2) is 7.29. The number of hydrogen-bond acceptors (Lipinski definition) is 2. The summed E-state index contributed by atoms with van der Waals surface area (Å²) in [6.07, 6.45) is 0. The van der Waals surface area contributed by atoms with Crippen LogP contribution in [0.2, 0.25) is 0 Å². The number of rotatable bonds is 6. The van der Waals surface area contributed by atoms with E-state index in [-0.39, 0.29) is 5.91 Å². The maximum absolute atomic E-state index is 12.1. The summed E-state index contributed by atoms with van der Waals surface area (Å²) in [5, 5.41) is 3.08. The van der Waals surface area contributed by atoms with Crippen molar-refractivity contribution in [1.82, 2.24) is 4.90 Å². The Morgan fingerprint density at radius 2 is 1.89 bits per heavy atom. The molecule has 0 aromatic heterocycles. The van der Waals surface area contributed by atoms with Gasteiger partial charge in [0.2, 0.25) is 5.91 Å². The van der Waals surface area contributed by atoms with Crippen LogP contribution in [-0.4, -0.2) is 30.4 Å².